The first-order valence-corrected chi connectivity index (χ1v) is 11.7. The highest BCUT2D eigenvalue weighted by Crippen LogP contribution is 2.42. The molecule has 0 amide bonds. The van der Waals surface area contributed by atoms with Crippen molar-refractivity contribution in [1.29, 1.82) is 0 Å². The first-order chi connectivity index (χ1) is 16.1. The lowest BCUT2D eigenvalue weighted by Crippen LogP contribution is -2.41. The highest BCUT2D eigenvalue weighted by atomic mass is 32.2. The smallest absolute Gasteiger partial charge is 0.280 e. The number of aromatic nitrogens is 3. The number of rotatable bonds is 3. The minimum Gasteiger partial charge on any atom is -0.354 e. The van der Waals surface area contributed by atoms with Crippen LogP contribution in [0.1, 0.15) is 17.4 Å². The lowest BCUT2D eigenvalue weighted by Gasteiger charge is -2.27. The molecule has 0 aliphatic carbocycles. The second kappa shape index (κ2) is 7.64. The largest absolute Gasteiger partial charge is 0.354 e. The molecule has 1 aliphatic heterocycles. The van der Waals surface area contributed by atoms with Crippen molar-refractivity contribution >= 4 is 39.5 Å². The van der Waals surface area contributed by atoms with E-state index in [1.807, 2.05) is 84.1 Å². The Balaban J connectivity index is 1.61. The molecule has 1 unspecified atom stereocenters. The van der Waals surface area contributed by atoms with Crippen molar-refractivity contribution in [2.75, 3.05) is 10.2 Å². The van der Waals surface area contributed by atoms with Crippen molar-refractivity contribution in [3.8, 4) is 11.3 Å². The Hall–Kier alpha value is -3.84. The van der Waals surface area contributed by atoms with E-state index in [9.17, 15) is 9.59 Å². The Morgan fingerprint density at radius 3 is 2.42 bits per heavy atom. The van der Waals surface area contributed by atoms with Crippen LogP contribution in [-0.2, 0) is 4.79 Å². The number of para-hydroxylation sites is 2. The summed E-state index contributed by atoms with van der Waals surface area (Å²) in [5.41, 5.74) is 4.20. The maximum atomic E-state index is 13.5. The summed E-state index contributed by atoms with van der Waals surface area (Å²) < 4.78 is 3.36. The monoisotopic (exact) mass is 452 g/mol. The Morgan fingerprint density at radius 1 is 0.909 bits per heavy atom. The van der Waals surface area contributed by atoms with Gasteiger partial charge in [-0.1, -0.05) is 60.7 Å². The van der Waals surface area contributed by atoms with Gasteiger partial charge >= 0.3 is 0 Å². The number of nitrogens with one attached hydrogen (secondary N) is 1. The van der Waals surface area contributed by atoms with Crippen LogP contribution in [0.3, 0.4) is 0 Å². The molecule has 0 bridgehead atoms. The molecule has 3 heterocycles. The van der Waals surface area contributed by atoms with E-state index in [1.165, 1.54) is 11.9 Å². The Kier molecular flexibility index (Phi) is 4.58. The summed E-state index contributed by atoms with van der Waals surface area (Å²) in [7, 11) is 0. The SMILES string of the molecule is Cc1nc2ccccc2c(=O)n1N1SCC(=O)C1c1c(-c2ccccc2)[nH]c2ccccc12. The van der Waals surface area contributed by atoms with E-state index in [1.54, 1.807) is 10.7 Å². The number of hydrogen-bond donors (Lipinski definition) is 1. The molecule has 3 aromatic carbocycles. The first-order valence-electron chi connectivity index (χ1n) is 10.7. The van der Waals surface area contributed by atoms with E-state index in [0.717, 1.165) is 27.7 Å². The van der Waals surface area contributed by atoms with Gasteiger partial charge in [-0.15, -0.1) is 0 Å². The number of aryl methyl sites for hydroxylation is 1. The zero-order chi connectivity index (χ0) is 22.5. The quantitative estimate of drug-likeness (QED) is 0.400. The zero-order valence-electron chi connectivity index (χ0n) is 17.9. The number of carbonyl (C=O) groups is 1. The van der Waals surface area contributed by atoms with Gasteiger partial charge in [0.25, 0.3) is 5.56 Å². The van der Waals surface area contributed by atoms with Crippen LogP contribution in [0.4, 0.5) is 0 Å². The number of carbonyl (C=O) groups excluding carboxylic acids is 1. The van der Waals surface area contributed by atoms with Crippen LogP contribution in [0.2, 0.25) is 0 Å². The lowest BCUT2D eigenvalue weighted by molar-refractivity contribution is -0.117. The third-order valence-electron chi connectivity index (χ3n) is 6.06. The molecular formula is C26H20N4O2S. The van der Waals surface area contributed by atoms with Gasteiger partial charge in [0.05, 0.1) is 22.3 Å². The van der Waals surface area contributed by atoms with Gasteiger partial charge in [-0.25, -0.2) is 9.40 Å². The van der Waals surface area contributed by atoms with Crippen LogP contribution in [0.5, 0.6) is 0 Å². The minimum atomic E-state index is -0.624. The summed E-state index contributed by atoms with van der Waals surface area (Å²) in [4.78, 5) is 35.1. The molecule has 1 N–H and O–H groups in total. The number of benzene rings is 3. The molecule has 1 fully saturated rings. The lowest BCUT2D eigenvalue weighted by atomic mass is 9.97. The summed E-state index contributed by atoms with van der Waals surface area (Å²) >= 11 is 1.35. The topological polar surface area (TPSA) is 71.0 Å². The molecule has 0 saturated carbocycles. The van der Waals surface area contributed by atoms with Gasteiger partial charge in [-0.3, -0.25) is 9.59 Å². The number of aromatic amines is 1. The second-order valence-corrected chi connectivity index (χ2v) is 8.98. The number of Topliss-reactive ketones (excluding diaryl/α,β-unsaturated/α-hetero) is 1. The van der Waals surface area contributed by atoms with Crippen LogP contribution in [0, 0.1) is 6.92 Å². The highest BCUT2D eigenvalue weighted by molar-refractivity contribution is 8.01. The number of hydrogen-bond acceptors (Lipinski definition) is 5. The van der Waals surface area contributed by atoms with Crippen LogP contribution in [-0.4, -0.2) is 26.2 Å². The predicted molar refractivity (Wildman–Crippen MR) is 133 cm³/mol. The fraction of sp³-hybridized carbons (Fsp3) is 0.115. The van der Waals surface area contributed by atoms with Crippen molar-refractivity contribution in [3.63, 3.8) is 0 Å². The van der Waals surface area contributed by atoms with E-state index < -0.39 is 6.04 Å². The van der Waals surface area contributed by atoms with E-state index in [4.69, 9.17) is 0 Å². The Morgan fingerprint density at radius 2 is 1.61 bits per heavy atom. The van der Waals surface area contributed by atoms with Gasteiger partial charge in [0.1, 0.15) is 11.9 Å². The van der Waals surface area contributed by atoms with Crippen LogP contribution >= 0.6 is 11.9 Å². The summed E-state index contributed by atoms with van der Waals surface area (Å²) in [5, 5.41) is 1.51. The van der Waals surface area contributed by atoms with E-state index >= 15 is 0 Å². The second-order valence-electron chi connectivity index (χ2n) is 8.06. The molecule has 33 heavy (non-hydrogen) atoms. The Labute approximate surface area is 194 Å². The van der Waals surface area contributed by atoms with E-state index in [2.05, 4.69) is 9.97 Å². The van der Waals surface area contributed by atoms with Crippen molar-refractivity contribution in [2.24, 2.45) is 0 Å². The maximum absolute atomic E-state index is 13.5. The van der Waals surface area contributed by atoms with Crippen molar-refractivity contribution in [1.82, 2.24) is 14.6 Å². The summed E-state index contributed by atoms with van der Waals surface area (Å²) in [6.45, 7) is 1.81. The van der Waals surface area contributed by atoms with Crippen LogP contribution in [0.25, 0.3) is 33.1 Å². The third-order valence-corrected chi connectivity index (χ3v) is 7.11. The molecular weight excluding hydrogens is 432 g/mol. The van der Waals surface area contributed by atoms with Crippen molar-refractivity contribution in [3.05, 3.63) is 101 Å². The minimum absolute atomic E-state index is 0.0568. The fourth-order valence-corrected chi connectivity index (χ4v) is 5.70. The molecule has 5 aromatic rings. The number of fused-ring (bicyclic) bond motifs is 2. The first kappa shape index (κ1) is 19.8. The molecule has 1 aliphatic rings. The molecule has 0 spiro atoms. The standard InChI is InChI=1S/C26H20N4O2S/c1-16-27-21-14-8-6-12-19(21)26(32)29(16)30-25(22(31)15-33-30)23-18-11-5-7-13-20(18)28-24(23)17-9-3-2-4-10-17/h2-14,25,28H,15H2,1H3. The zero-order valence-corrected chi connectivity index (χ0v) is 18.7. The molecule has 6 rings (SSSR count). The highest BCUT2D eigenvalue weighted by Gasteiger charge is 2.40. The third kappa shape index (κ3) is 3.08. The summed E-state index contributed by atoms with van der Waals surface area (Å²) in [5.74, 6) is 0.894. The van der Waals surface area contributed by atoms with Gasteiger partial charge in [0, 0.05) is 16.5 Å². The average molecular weight is 453 g/mol. The van der Waals surface area contributed by atoms with Crippen molar-refractivity contribution in [2.45, 2.75) is 13.0 Å². The molecule has 1 atom stereocenters. The molecule has 2 aromatic heterocycles. The number of ketones is 1. The average Bonchev–Trinajstić information content (AvgIpc) is 3.40. The molecule has 0 radical (unpaired) electrons. The predicted octanol–water partition coefficient (Wildman–Crippen LogP) is 4.76. The number of H-pyrrole nitrogens is 1. The van der Waals surface area contributed by atoms with E-state index in [0.29, 0.717) is 16.7 Å². The van der Waals surface area contributed by atoms with Crippen molar-refractivity contribution < 1.29 is 4.79 Å². The number of nitrogens with zero attached hydrogens (tertiary/aromatic N) is 3. The maximum Gasteiger partial charge on any atom is 0.280 e. The fourth-order valence-electron chi connectivity index (χ4n) is 4.60. The molecule has 6 nitrogen and oxygen atoms in total. The summed E-state index contributed by atoms with van der Waals surface area (Å²) in [6, 6.07) is 24.7. The van der Waals surface area contributed by atoms with Gasteiger partial charge in [-0.05, 0) is 42.6 Å². The molecule has 1 saturated heterocycles. The normalized spacial score (nSPS) is 16.2. The van der Waals surface area contributed by atoms with Gasteiger partial charge in [-0.2, -0.15) is 4.68 Å². The van der Waals surface area contributed by atoms with Gasteiger partial charge < -0.3 is 4.98 Å². The molecule has 162 valence electrons. The van der Waals surface area contributed by atoms with Crippen LogP contribution in [0.15, 0.2) is 83.7 Å². The Bertz CT molecular complexity index is 1590. The summed E-state index contributed by atoms with van der Waals surface area (Å²) in [6.07, 6.45) is 0. The molecule has 7 heteroatoms. The van der Waals surface area contributed by atoms with E-state index in [-0.39, 0.29) is 17.1 Å². The van der Waals surface area contributed by atoms with Gasteiger partial charge in [0.15, 0.2) is 5.78 Å². The van der Waals surface area contributed by atoms with Gasteiger partial charge in [0.2, 0.25) is 0 Å². The van der Waals surface area contributed by atoms with Crippen LogP contribution < -0.4 is 9.97 Å².